The van der Waals surface area contributed by atoms with E-state index >= 15 is 0 Å². The Balaban J connectivity index is 1.43. The maximum atomic E-state index is 13.3. The van der Waals surface area contributed by atoms with Crippen molar-refractivity contribution in [2.45, 2.75) is 37.9 Å². The third-order valence-electron chi connectivity index (χ3n) is 6.40. The van der Waals surface area contributed by atoms with Gasteiger partial charge in [0.1, 0.15) is 0 Å². The van der Waals surface area contributed by atoms with Crippen molar-refractivity contribution in [2.75, 3.05) is 19.6 Å². The fourth-order valence-corrected chi connectivity index (χ4v) is 4.83. The highest BCUT2D eigenvalue weighted by atomic mass is 35.5. The van der Waals surface area contributed by atoms with Crippen LogP contribution < -0.4 is 16.4 Å². The summed E-state index contributed by atoms with van der Waals surface area (Å²) in [5.41, 5.74) is 7.15. The average Bonchev–Trinajstić information content (AvgIpc) is 3.02. The van der Waals surface area contributed by atoms with Gasteiger partial charge in [-0.05, 0) is 60.3 Å². The van der Waals surface area contributed by atoms with Crippen LogP contribution in [0.3, 0.4) is 0 Å². The van der Waals surface area contributed by atoms with Crippen LogP contribution in [0.25, 0.3) is 10.8 Å². The third-order valence-corrected chi connectivity index (χ3v) is 7.26. The lowest BCUT2D eigenvalue weighted by atomic mass is 10.1. The topological polar surface area (TPSA) is 87.5 Å². The van der Waals surface area contributed by atoms with Gasteiger partial charge < -0.3 is 21.3 Å². The lowest BCUT2D eigenvalue weighted by molar-refractivity contribution is -0.133. The molecular formula is C27H30Cl2N4O2. The van der Waals surface area contributed by atoms with Gasteiger partial charge in [0.15, 0.2) is 0 Å². The molecule has 1 heterocycles. The Kier molecular flexibility index (Phi) is 8.63. The second-order valence-corrected chi connectivity index (χ2v) is 9.67. The van der Waals surface area contributed by atoms with Gasteiger partial charge in [0.2, 0.25) is 5.91 Å². The Morgan fingerprint density at radius 3 is 2.69 bits per heavy atom. The van der Waals surface area contributed by atoms with Gasteiger partial charge in [0, 0.05) is 31.2 Å². The number of fused-ring (bicyclic) bond motifs is 1. The second kappa shape index (κ2) is 11.9. The number of amides is 2. The standard InChI is InChI=1S/C27H30Cl2N4O2/c28-23-8-3-7-21(25(23)29)17-33-14-12-22(32-24(27(33)35)9-4-13-30)16-31-26(34)20-11-10-18-5-1-2-6-19(18)15-20/h1-3,5-8,10-11,15,22,24,32H,4,9,12-14,16-17,30H2,(H,31,34)/t22-,24-/m0/s1. The van der Waals surface area contributed by atoms with Crippen molar-refractivity contribution in [3.05, 3.63) is 81.8 Å². The number of benzene rings is 3. The van der Waals surface area contributed by atoms with E-state index in [1.807, 2.05) is 59.5 Å². The molecule has 0 spiro atoms. The summed E-state index contributed by atoms with van der Waals surface area (Å²) in [6, 6.07) is 18.7. The molecule has 0 aliphatic carbocycles. The van der Waals surface area contributed by atoms with Gasteiger partial charge >= 0.3 is 0 Å². The van der Waals surface area contributed by atoms with Gasteiger partial charge in [-0.15, -0.1) is 0 Å². The van der Waals surface area contributed by atoms with E-state index in [4.69, 9.17) is 28.9 Å². The third kappa shape index (κ3) is 6.33. The molecule has 0 saturated carbocycles. The summed E-state index contributed by atoms with van der Waals surface area (Å²) in [5, 5.41) is 9.55. The minimum Gasteiger partial charge on any atom is -0.350 e. The number of hydrogen-bond donors (Lipinski definition) is 3. The van der Waals surface area contributed by atoms with Crippen LogP contribution in [-0.4, -0.2) is 48.4 Å². The number of nitrogens with zero attached hydrogens (tertiary/aromatic N) is 1. The molecule has 3 aromatic rings. The maximum Gasteiger partial charge on any atom is 0.251 e. The maximum absolute atomic E-state index is 13.3. The van der Waals surface area contributed by atoms with Gasteiger partial charge in [-0.3, -0.25) is 9.59 Å². The molecule has 0 bridgehead atoms. The molecule has 6 nitrogen and oxygen atoms in total. The molecule has 3 aromatic carbocycles. The lowest BCUT2D eigenvalue weighted by Gasteiger charge is -2.25. The number of carbonyl (C=O) groups excluding carboxylic acids is 2. The molecule has 0 unspecified atom stereocenters. The minimum absolute atomic E-state index is 0.0119. The lowest BCUT2D eigenvalue weighted by Crippen LogP contribution is -2.48. The number of carbonyl (C=O) groups is 2. The van der Waals surface area contributed by atoms with E-state index < -0.39 is 0 Å². The van der Waals surface area contributed by atoms with Crippen LogP contribution in [0.1, 0.15) is 35.2 Å². The van der Waals surface area contributed by atoms with E-state index in [0.29, 0.717) is 54.6 Å². The minimum atomic E-state index is -0.374. The van der Waals surface area contributed by atoms with Gasteiger partial charge in [-0.1, -0.05) is 65.7 Å². The molecule has 2 atom stereocenters. The Morgan fingerprint density at radius 1 is 1.09 bits per heavy atom. The zero-order chi connectivity index (χ0) is 24.8. The smallest absolute Gasteiger partial charge is 0.251 e. The predicted octanol–water partition coefficient (Wildman–Crippen LogP) is 4.37. The summed E-state index contributed by atoms with van der Waals surface area (Å²) in [7, 11) is 0. The first-order valence-electron chi connectivity index (χ1n) is 11.9. The number of nitrogens with two attached hydrogens (primary N) is 1. The number of halogens is 2. The average molecular weight is 513 g/mol. The van der Waals surface area contributed by atoms with E-state index in [2.05, 4.69) is 10.6 Å². The number of hydrogen-bond acceptors (Lipinski definition) is 4. The van der Waals surface area contributed by atoms with Crippen molar-refractivity contribution in [2.24, 2.45) is 5.73 Å². The molecule has 1 aliphatic heterocycles. The summed E-state index contributed by atoms with van der Waals surface area (Å²) in [4.78, 5) is 28.0. The molecule has 1 aliphatic rings. The zero-order valence-corrected chi connectivity index (χ0v) is 21.0. The molecule has 0 radical (unpaired) electrons. The van der Waals surface area contributed by atoms with E-state index in [-0.39, 0.29) is 23.9 Å². The molecule has 4 rings (SSSR count). The van der Waals surface area contributed by atoms with Crippen molar-refractivity contribution in [1.82, 2.24) is 15.5 Å². The molecule has 1 fully saturated rings. The van der Waals surface area contributed by atoms with Gasteiger partial charge in [0.25, 0.3) is 5.91 Å². The van der Waals surface area contributed by atoms with Crippen molar-refractivity contribution >= 4 is 45.8 Å². The van der Waals surface area contributed by atoms with Crippen LogP contribution in [0.5, 0.6) is 0 Å². The van der Waals surface area contributed by atoms with Crippen molar-refractivity contribution in [1.29, 1.82) is 0 Å². The normalized spacial score (nSPS) is 18.5. The Labute approximate surface area is 215 Å². The van der Waals surface area contributed by atoms with Gasteiger partial charge in [0.05, 0.1) is 16.1 Å². The monoisotopic (exact) mass is 512 g/mol. The van der Waals surface area contributed by atoms with E-state index in [0.717, 1.165) is 22.8 Å². The molecule has 35 heavy (non-hydrogen) atoms. The van der Waals surface area contributed by atoms with E-state index in [1.54, 1.807) is 6.07 Å². The highest BCUT2D eigenvalue weighted by Gasteiger charge is 2.31. The number of rotatable bonds is 8. The highest BCUT2D eigenvalue weighted by Crippen LogP contribution is 2.27. The first-order chi connectivity index (χ1) is 17.0. The van der Waals surface area contributed by atoms with Crippen molar-refractivity contribution in [3.63, 3.8) is 0 Å². The quantitative estimate of drug-likeness (QED) is 0.418. The van der Waals surface area contributed by atoms with Crippen molar-refractivity contribution < 1.29 is 9.59 Å². The van der Waals surface area contributed by atoms with Crippen LogP contribution in [-0.2, 0) is 11.3 Å². The van der Waals surface area contributed by atoms with Crippen LogP contribution in [0, 0.1) is 0 Å². The van der Waals surface area contributed by atoms with Crippen LogP contribution in [0.15, 0.2) is 60.7 Å². The van der Waals surface area contributed by atoms with E-state index in [1.165, 1.54) is 0 Å². The van der Waals surface area contributed by atoms with Gasteiger partial charge in [-0.25, -0.2) is 0 Å². The Hall–Kier alpha value is -2.64. The van der Waals surface area contributed by atoms with E-state index in [9.17, 15) is 9.59 Å². The van der Waals surface area contributed by atoms with Crippen LogP contribution in [0.4, 0.5) is 0 Å². The SMILES string of the molecule is NCCC[C@@H]1N[C@H](CNC(=O)c2ccc3ccccc3c2)CCN(Cc2cccc(Cl)c2Cl)C1=O. The summed E-state index contributed by atoms with van der Waals surface area (Å²) >= 11 is 12.6. The first kappa shape index (κ1) is 25.5. The summed E-state index contributed by atoms with van der Waals surface area (Å²) in [6.45, 7) is 1.86. The second-order valence-electron chi connectivity index (χ2n) is 8.88. The van der Waals surface area contributed by atoms with Crippen LogP contribution in [0.2, 0.25) is 10.0 Å². The molecular weight excluding hydrogens is 483 g/mol. The zero-order valence-electron chi connectivity index (χ0n) is 19.5. The Bertz CT molecular complexity index is 1200. The fourth-order valence-electron chi connectivity index (χ4n) is 4.45. The fraction of sp³-hybridized carbons (Fsp3) is 0.333. The highest BCUT2D eigenvalue weighted by molar-refractivity contribution is 6.42. The molecule has 184 valence electrons. The summed E-state index contributed by atoms with van der Waals surface area (Å²) in [6.07, 6.45) is 2.05. The molecule has 2 amide bonds. The molecule has 4 N–H and O–H groups in total. The summed E-state index contributed by atoms with van der Waals surface area (Å²) in [5.74, 6) is -0.118. The van der Waals surface area contributed by atoms with Crippen molar-refractivity contribution in [3.8, 4) is 0 Å². The number of nitrogens with one attached hydrogen (secondary N) is 2. The largest absolute Gasteiger partial charge is 0.350 e. The molecule has 0 aromatic heterocycles. The Morgan fingerprint density at radius 2 is 1.89 bits per heavy atom. The van der Waals surface area contributed by atoms with Gasteiger partial charge in [-0.2, -0.15) is 0 Å². The summed E-state index contributed by atoms with van der Waals surface area (Å²) < 4.78 is 0. The predicted molar refractivity (Wildman–Crippen MR) is 142 cm³/mol. The molecule has 8 heteroatoms. The molecule has 1 saturated heterocycles. The van der Waals surface area contributed by atoms with Crippen LogP contribution >= 0.6 is 23.2 Å². The first-order valence-corrected chi connectivity index (χ1v) is 12.7.